The Morgan fingerprint density at radius 3 is 2.46 bits per heavy atom. The minimum atomic E-state index is -0.301. The molecule has 3 rings (SSSR count). The summed E-state index contributed by atoms with van der Waals surface area (Å²) in [6, 6.07) is 11.1. The maximum Gasteiger partial charge on any atom is 0.319 e. The molecule has 6 heteroatoms. The molecule has 0 aliphatic carbocycles. The first-order valence-corrected chi connectivity index (χ1v) is 8.42. The third kappa shape index (κ3) is 4.27. The number of hydrogen-bond acceptors (Lipinski definition) is 4. The van der Waals surface area contributed by atoms with E-state index in [1.807, 2.05) is 30.3 Å². The minimum Gasteiger partial charge on any atom is -0.463 e. The summed E-state index contributed by atoms with van der Waals surface area (Å²) in [6.07, 6.45) is 4.76. The first-order chi connectivity index (χ1) is 12.4. The van der Waals surface area contributed by atoms with E-state index in [-0.39, 0.29) is 18.0 Å². The van der Waals surface area contributed by atoms with Crippen LogP contribution in [0.3, 0.4) is 0 Å². The maximum absolute atomic E-state index is 12.2. The number of nitrogens with one attached hydrogen (secondary N) is 2. The molecule has 0 spiro atoms. The van der Waals surface area contributed by atoms with E-state index in [2.05, 4.69) is 41.4 Å². The third-order valence-corrected chi connectivity index (χ3v) is 3.95. The van der Waals surface area contributed by atoms with Gasteiger partial charge >= 0.3 is 6.03 Å². The fourth-order valence-electron chi connectivity index (χ4n) is 2.51. The van der Waals surface area contributed by atoms with Gasteiger partial charge in [0.15, 0.2) is 5.76 Å². The van der Waals surface area contributed by atoms with Gasteiger partial charge in [-0.15, -0.1) is 0 Å². The van der Waals surface area contributed by atoms with Crippen LogP contribution in [0.1, 0.15) is 32.0 Å². The lowest BCUT2D eigenvalue weighted by Gasteiger charge is -2.19. The summed E-state index contributed by atoms with van der Waals surface area (Å²) in [5, 5.41) is 5.62. The maximum atomic E-state index is 12.2. The summed E-state index contributed by atoms with van der Waals surface area (Å²) in [4.78, 5) is 20.7. The molecule has 134 valence electrons. The summed E-state index contributed by atoms with van der Waals surface area (Å²) in [7, 11) is 0. The molecule has 0 radical (unpaired) electrons. The van der Waals surface area contributed by atoms with E-state index in [0.717, 1.165) is 5.69 Å². The zero-order valence-corrected chi connectivity index (χ0v) is 15.1. The highest BCUT2D eigenvalue weighted by molar-refractivity contribution is 5.89. The molecule has 1 aromatic carbocycles. The Bertz CT molecular complexity index is 866. The molecule has 2 aromatic heterocycles. The largest absolute Gasteiger partial charge is 0.463 e. The molecular weight excluding hydrogens is 328 g/mol. The summed E-state index contributed by atoms with van der Waals surface area (Å²) >= 11 is 0. The van der Waals surface area contributed by atoms with Gasteiger partial charge in [0, 0.05) is 18.1 Å². The summed E-state index contributed by atoms with van der Waals surface area (Å²) < 4.78 is 5.37. The fourth-order valence-corrected chi connectivity index (χ4v) is 2.51. The van der Waals surface area contributed by atoms with E-state index in [1.165, 1.54) is 5.56 Å². The predicted octanol–water partition coefficient (Wildman–Crippen LogP) is 4.36. The average molecular weight is 350 g/mol. The van der Waals surface area contributed by atoms with Gasteiger partial charge in [0.25, 0.3) is 0 Å². The first kappa shape index (κ1) is 17.7. The van der Waals surface area contributed by atoms with Crippen LogP contribution in [0.2, 0.25) is 0 Å². The normalized spacial score (nSPS) is 11.2. The highest BCUT2D eigenvalue weighted by Gasteiger charge is 2.14. The number of carbonyl (C=O) groups excluding carboxylic acids is 1. The van der Waals surface area contributed by atoms with Crippen LogP contribution in [0.4, 0.5) is 10.5 Å². The summed E-state index contributed by atoms with van der Waals surface area (Å²) in [6.45, 7) is 6.70. The van der Waals surface area contributed by atoms with E-state index < -0.39 is 0 Å². The molecule has 26 heavy (non-hydrogen) atoms. The lowest BCUT2D eigenvalue weighted by molar-refractivity contribution is 0.251. The van der Waals surface area contributed by atoms with Crippen molar-refractivity contribution in [2.75, 3.05) is 5.32 Å². The number of amides is 2. The Hall–Kier alpha value is -3.15. The van der Waals surface area contributed by atoms with Crippen LogP contribution in [0.25, 0.3) is 11.5 Å². The quantitative estimate of drug-likeness (QED) is 0.733. The zero-order chi connectivity index (χ0) is 18.6. The first-order valence-electron chi connectivity index (χ1n) is 8.42. The van der Waals surface area contributed by atoms with Crippen LogP contribution in [-0.2, 0) is 12.0 Å². The van der Waals surface area contributed by atoms with Crippen molar-refractivity contribution in [1.82, 2.24) is 15.3 Å². The molecule has 0 atom stereocenters. The molecule has 0 aliphatic heterocycles. The number of aromatic nitrogens is 2. The molecule has 2 amide bonds. The number of furan rings is 1. The topological polar surface area (TPSA) is 80.0 Å². The van der Waals surface area contributed by atoms with Gasteiger partial charge in [0.2, 0.25) is 0 Å². The number of carbonyl (C=O) groups is 1. The van der Waals surface area contributed by atoms with E-state index in [0.29, 0.717) is 17.1 Å². The number of anilines is 1. The molecule has 6 nitrogen and oxygen atoms in total. The average Bonchev–Trinajstić information content (AvgIpc) is 3.14. The van der Waals surface area contributed by atoms with Gasteiger partial charge in [0.1, 0.15) is 5.69 Å². The molecular formula is C20H22N4O2. The standard InChI is InChI=1S/C20H22N4O2/c1-20(2,3)14-6-8-15(9-7-14)24-19(25)23-13-16-18(22-11-10-21-16)17-5-4-12-26-17/h4-12H,13H2,1-3H3,(H2,23,24,25). The van der Waals surface area contributed by atoms with Crippen LogP contribution >= 0.6 is 0 Å². The van der Waals surface area contributed by atoms with Crippen molar-refractivity contribution >= 4 is 11.7 Å². The van der Waals surface area contributed by atoms with Gasteiger partial charge in [-0.05, 0) is 35.2 Å². The third-order valence-electron chi connectivity index (χ3n) is 3.95. The minimum absolute atomic E-state index is 0.0784. The highest BCUT2D eigenvalue weighted by Crippen LogP contribution is 2.23. The Balaban J connectivity index is 1.62. The Labute approximate surface area is 152 Å². The van der Waals surface area contributed by atoms with Crippen molar-refractivity contribution in [3.8, 4) is 11.5 Å². The number of urea groups is 1. The van der Waals surface area contributed by atoms with Gasteiger partial charge in [-0.2, -0.15) is 0 Å². The molecule has 0 aliphatic rings. The van der Waals surface area contributed by atoms with Gasteiger partial charge in [-0.3, -0.25) is 4.98 Å². The van der Waals surface area contributed by atoms with Crippen molar-refractivity contribution in [3.63, 3.8) is 0 Å². The lowest BCUT2D eigenvalue weighted by Crippen LogP contribution is -2.28. The number of nitrogens with zero attached hydrogens (tertiary/aromatic N) is 2. The zero-order valence-electron chi connectivity index (χ0n) is 15.1. The fraction of sp³-hybridized carbons (Fsp3) is 0.250. The summed E-state index contributed by atoms with van der Waals surface area (Å²) in [5.74, 6) is 0.619. The van der Waals surface area contributed by atoms with E-state index in [1.54, 1.807) is 24.7 Å². The predicted molar refractivity (Wildman–Crippen MR) is 101 cm³/mol. The molecule has 0 bridgehead atoms. The Kier molecular flexibility index (Phi) is 5.02. The van der Waals surface area contributed by atoms with Crippen molar-refractivity contribution in [3.05, 3.63) is 66.3 Å². The molecule has 2 heterocycles. The van der Waals surface area contributed by atoms with Crippen LogP contribution in [0, 0.1) is 0 Å². The van der Waals surface area contributed by atoms with Gasteiger partial charge < -0.3 is 15.1 Å². The number of benzene rings is 1. The van der Waals surface area contributed by atoms with Crippen molar-refractivity contribution < 1.29 is 9.21 Å². The van der Waals surface area contributed by atoms with Crippen molar-refractivity contribution in [2.24, 2.45) is 0 Å². The lowest BCUT2D eigenvalue weighted by atomic mass is 9.87. The highest BCUT2D eigenvalue weighted by atomic mass is 16.3. The van der Waals surface area contributed by atoms with Crippen molar-refractivity contribution in [1.29, 1.82) is 0 Å². The number of hydrogen-bond donors (Lipinski definition) is 2. The van der Waals surface area contributed by atoms with E-state index in [9.17, 15) is 4.79 Å². The van der Waals surface area contributed by atoms with Crippen LogP contribution in [0.5, 0.6) is 0 Å². The second-order valence-electron chi connectivity index (χ2n) is 6.96. The smallest absolute Gasteiger partial charge is 0.319 e. The SMILES string of the molecule is CC(C)(C)c1ccc(NC(=O)NCc2nccnc2-c2ccco2)cc1. The number of rotatable bonds is 4. The molecule has 0 fully saturated rings. The second kappa shape index (κ2) is 7.39. The van der Waals surface area contributed by atoms with Gasteiger partial charge in [-0.1, -0.05) is 32.9 Å². The Morgan fingerprint density at radius 1 is 1.08 bits per heavy atom. The molecule has 0 saturated carbocycles. The van der Waals surface area contributed by atoms with Gasteiger partial charge in [0.05, 0.1) is 18.5 Å². The van der Waals surface area contributed by atoms with E-state index >= 15 is 0 Å². The monoisotopic (exact) mass is 350 g/mol. The summed E-state index contributed by atoms with van der Waals surface area (Å²) in [5.41, 5.74) is 3.29. The second-order valence-corrected chi connectivity index (χ2v) is 6.96. The van der Waals surface area contributed by atoms with Crippen molar-refractivity contribution in [2.45, 2.75) is 32.7 Å². The van der Waals surface area contributed by atoms with Crippen LogP contribution < -0.4 is 10.6 Å². The molecule has 2 N–H and O–H groups in total. The Morgan fingerprint density at radius 2 is 1.81 bits per heavy atom. The van der Waals surface area contributed by atoms with Crippen LogP contribution in [0.15, 0.2) is 59.5 Å². The molecule has 0 saturated heterocycles. The van der Waals surface area contributed by atoms with E-state index in [4.69, 9.17) is 4.42 Å². The van der Waals surface area contributed by atoms with Gasteiger partial charge in [-0.25, -0.2) is 9.78 Å². The molecule has 0 unspecified atom stereocenters. The molecule has 3 aromatic rings. The van der Waals surface area contributed by atoms with Crippen LogP contribution in [-0.4, -0.2) is 16.0 Å².